The number of aromatic nitrogens is 1. The number of piperidine rings is 1. The lowest BCUT2D eigenvalue weighted by Crippen LogP contribution is -2.38. The van der Waals surface area contributed by atoms with Gasteiger partial charge in [-0.05, 0) is 57.2 Å². The Labute approximate surface area is 170 Å². The fourth-order valence-electron chi connectivity index (χ4n) is 4.30. The molecule has 1 fully saturated rings. The molecule has 2 aromatic rings. The number of thiazole rings is 1. The van der Waals surface area contributed by atoms with Gasteiger partial charge in [0.05, 0.1) is 32.0 Å². The molecule has 1 atom stereocenters. The Kier molecular flexibility index (Phi) is 5.97. The number of ketones is 1. The van der Waals surface area contributed by atoms with E-state index in [-0.39, 0.29) is 11.7 Å². The molecular weight excluding hydrogens is 372 g/mol. The minimum Gasteiger partial charge on any atom is -0.497 e. The summed E-state index contributed by atoms with van der Waals surface area (Å²) >= 11 is 1.87. The van der Waals surface area contributed by atoms with E-state index in [4.69, 9.17) is 14.5 Å². The number of methoxy groups -OCH3 is 2. The molecule has 2 aliphatic rings. The van der Waals surface area contributed by atoms with Gasteiger partial charge in [0.1, 0.15) is 16.5 Å². The van der Waals surface area contributed by atoms with Gasteiger partial charge >= 0.3 is 0 Å². The lowest BCUT2D eigenvalue weighted by Gasteiger charge is -2.31. The second-order valence-corrected chi connectivity index (χ2v) is 8.86. The summed E-state index contributed by atoms with van der Waals surface area (Å²) in [6.07, 6.45) is 6.84. The number of hydrogen-bond acceptors (Lipinski definition) is 6. The molecule has 0 N–H and O–H groups in total. The first kappa shape index (κ1) is 19.4. The van der Waals surface area contributed by atoms with Crippen LogP contribution in [0.5, 0.6) is 11.5 Å². The minimum atomic E-state index is 0.00521. The highest BCUT2D eigenvalue weighted by atomic mass is 32.1. The average molecular weight is 401 g/mol. The molecule has 0 bridgehead atoms. The molecule has 1 aliphatic heterocycles. The van der Waals surface area contributed by atoms with Crippen LogP contribution >= 0.6 is 11.3 Å². The zero-order valence-electron chi connectivity index (χ0n) is 16.7. The van der Waals surface area contributed by atoms with Gasteiger partial charge in [-0.15, -0.1) is 11.3 Å². The number of benzene rings is 1. The van der Waals surface area contributed by atoms with Crippen molar-refractivity contribution in [1.29, 1.82) is 0 Å². The van der Waals surface area contributed by atoms with E-state index in [9.17, 15) is 4.79 Å². The zero-order valence-corrected chi connectivity index (χ0v) is 17.5. The number of hydrogen-bond donors (Lipinski definition) is 0. The van der Waals surface area contributed by atoms with Crippen molar-refractivity contribution in [2.75, 3.05) is 27.3 Å². The van der Waals surface area contributed by atoms with Gasteiger partial charge in [0.15, 0.2) is 5.78 Å². The summed E-state index contributed by atoms with van der Waals surface area (Å²) in [4.78, 5) is 21.9. The monoisotopic (exact) mass is 400 g/mol. The Morgan fingerprint density at radius 1 is 1.21 bits per heavy atom. The molecule has 150 valence electrons. The Morgan fingerprint density at radius 3 is 2.86 bits per heavy atom. The van der Waals surface area contributed by atoms with Crippen LogP contribution in [0, 0.1) is 5.92 Å². The number of carbonyl (C=O) groups is 1. The molecule has 1 unspecified atom stereocenters. The molecule has 0 amide bonds. The van der Waals surface area contributed by atoms with E-state index in [0.29, 0.717) is 17.1 Å². The van der Waals surface area contributed by atoms with Crippen LogP contribution in [0.2, 0.25) is 0 Å². The minimum absolute atomic E-state index is 0.00521. The van der Waals surface area contributed by atoms with Crippen molar-refractivity contribution in [2.45, 2.75) is 45.1 Å². The maximum atomic E-state index is 13.2. The maximum absolute atomic E-state index is 13.2. The van der Waals surface area contributed by atoms with Crippen LogP contribution in [-0.2, 0) is 19.4 Å². The van der Waals surface area contributed by atoms with Crippen molar-refractivity contribution in [1.82, 2.24) is 9.88 Å². The van der Waals surface area contributed by atoms with E-state index in [2.05, 4.69) is 4.90 Å². The highest BCUT2D eigenvalue weighted by Crippen LogP contribution is 2.31. The number of rotatable bonds is 6. The molecule has 4 rings (SSSR count). The van der Waals surface area contributed by atoms with E-state index >= 15 is 0 Å². The lowest BCUT2D eigenvalue weighted by atomic mass is 9.89. The second kappa shape index (κ2) is 8.62. The Morgan fingerprint density at radius 2 is 2.07 bits per heavy atom. The van der Waals surface area contributed by atoms with Crippen LogP contribution in [0.4, 0.5) is 0 Å². The third kappa shape index (κ3) is 4.08. The molecule has 28 heavy (non-hydrogen) atoms. The molecule has 0 radical (unpaired) electrons. The average Bonchev–Trinajstić information content (AvgIpc) is 3.15. The van der Waals surface area contributed by atoms with Gasteiger partial charge in [0.25, 0.3) is 0 Å². The smallest absolute Gasteiger partial charge is 0.170 e. The summed E-state index contributed by atoms with van der Waals surface area (Å²) < 4.78 is 10.7. The van der Waals surface area contributed by atoms with E-state index < -0.39 is 0 Å². The van der Waals surface area contributed by atoms with Gasteiger partial charge in [-0.25, -0.2) is 4.98 Å². The quantitative estimate of drug-likeness (QED) is 0.683. The van der Waals surface area contributed by atoms with Gasteiger partial charge in [0, 0.05) is 23.4 Å². The first-order valence-corrected chi connectivity index (χ1v) is 11.0. The Hall–Kier alpha value is -1.92. The number of ether oxygens (including phenoxy) is 2. The van der Waals surface area contributed by atoms with Crippen LogP contribution in [0.1, 0.15) is 51.6 Å². The predicted octanol–water partition coefficient (Wildman–Crippen LogP) is 4.13. The van der Waals surface area contributed by atoms with Crippen molar-refractivity contribution in [3.8, 4) is 11.5 Å². The van der Waals surface area contributed by atoms with Crippen LogP contribution in [-0.4, -0.2) is 43.0 Å². The highest BCUT2D eigenvalue weighted by Gasteiger charge is 2.29. The van der Waals surface area contributed by atoms with Gasteiger partial charge < -0.3 is 9.47 Å². The van der Waals surface area contributed by atoms with E-state index in [1.54, 1.807) is 20.3 Å². The highest BCUT2D eigenvalue weighted by molar-refractivity contribution is 7.11. The van der Waals surface area contributed by atoms with Crippen LogP contribution < -0.4 is 9.47 Å². The maximum Gasteiger partial charge on any atom is 0.170 e. The molecule has 1 aliphatic carbocycles. The molecule has 0 spiro atoms. The molecular formula is C22H28N2O3S. The van der Waals surface area contributed by atoms with Gasteiger partial charge in [0.2, 0.25) is 0 Å². The zero-order chi connectivity index (χ0) is 19.5. The summed E-state index contributed by atoms with van der Waals surface area (Å²) in [5.74, 6) is 1.47. The summed E-state index contributed by atoms with van der Waals surface area (Å²) in [7, 11) is 3.22. The van der Waals surface area contributed by atoms with E-state index in [1.165, 1.54) is 34.8 Å². The van der Waals surface area contributed by atoms with Gasteiger partial charge in [-0.3, -0.25) is 9.69 Å². The normalized spacial score (nSPS) is 19.9. The van der Waals surface area contributed by atoms with Crippen LogP contribution in [0.3, 0.4) is 0 Å². The molecule has 1 aromatic heterocycles. The summed E-state index contributed by atoms with van der Waals surface area (Å²) in [6, 6.07) is 5.44. The van der Waals surface area contributed by atoms with Gasteiger partial charge in [-0.2, -0.15) is 0 Å². The molecule has 1 aromatic carbocycles. The topological polar surface area (TPSA) is 51.7 Å². The number of carbonyl (C=O) groups excluding carboxylic acids is 1. The molecule has 0 saturated carbocycles. The summed E-state index contributed by atoms with van der Waals surface area (Å²) in [5, 5.41) is 1.21. The number of nitrogens with zero attached hydrogens (tertiary/aromatic N) is 2. The number of Topliss-reactive ketones (excluding diaryl/α,β-unsaturated/α-hetero) is 1. The van der Waals surface area contributed by atoms with Crippen molar-refractivity contribution in [3.05, 3.63) is 39.3 Å². The van der Waals surface area contributed by atoms with Crippen molar-refractivity contribution in [2.24, 2.45) is 5.92 Å². The van der Waals surface area contributed by atoms with Crippen molar-refractivity contribution < 1.29 is 14.3 Å². The second-order valence-electron chi connectivity index (χ2n) is 7.69. The van der Waals surface area contributed by atoms with E-state index in [0.717, 1.165) is 38.9 Å². The van der Waals surface area contributed by atoms with Gasteiger partial charge in [-0.1, -0.05) is 0 Å². The SMILES string of the molecule is COc1ccc(C(=O)C2CCCN(Cc3nc4c(s3)CCCC4)C2)c(OC)c1. The van der Waals surface area contributed by atoms with Crippen LogP contribution in [0.15, 0.2) is 18.2 Å². The molecule has 2 heterocycles. The first-order chi connectivity index (χ1) is 13.7. The van der Waals surface area contributed by atoms with E-state index in [1.807, 2.05) is 23.5 Å². The third-order valence-corrected chi connectivity index (χ3v) is 6.94. The predicted molar refractivity (Wildman–Crippen MR) is 111 cm³/mol. The van der Waals surface area contributed by atoms with Crippen LogP contribution in [0.25, 0.3) is 0 Å². The first-order valence-electron chi connectivity index (χ1n) is 10.1. The van der Waals surface area contributed by atoms with Crippen molar-refractivity contribution in [3.63, 3.8) is 0 Å². The Balaban J connectivity index is 1.44. The molecule has 5 nitrogen and oxygen atoms in total. The summed E-state index contributed by atoms with van der Waals surface area (Å²) in [5.41, 5.74) is 1.97. The Bertz CT molecular complexity index is 825. The molecule has 1 saturated heterocycles. The summed E-state index contributed by atoms with van der Waals surface area (Å²) in [6.45, 7) is 2.69. The largest absolute Gasteiger partial charge is 0.497 e. The lowest BCUT2D eigenvalue weighted by molar-refractivity contribution is 0.0808. The van der Waals surface area contributed by atoms with Crippen molar-refractivity contribution >= 4 is 17.1 Å². The number of likely N-dealkylation sites (tertiary alicyclic amines) is 1. The fourth-order valence-corrected chi connectivity index (χ4v) is 5.50. The number of aryl methyl sites for hydroxylation is 2. The number of fused-ring (bicyclic) bond motifs is 1. The standard InChI is InChI=1S/C22H28N2O3S/c1-26-16-9-10-17(19(12-16)27-2)22(25)15-6-5-11-24(13-15)14-21-23-18-7-3-4-8-20(18)28-21/h9-10,12,15H,3-8,11,13-14H2,1-2H3. The molecule has 6 heteroatoms. The third-order valence-electron chi connectivity index (χ3n) is 5.80. The fraction of sp³-hybridized carbons (Fsp3) is 0.545.